The summed E-state index contributed by atoms with van der Waals surface area (Å²) in [6.45, 7) is 8.36. The second kappa shape index (κ2) is 11.6. The number of carbonyl (C=O) groups excluding carboxylic acids is 1. The van der Waals surface area contributed by atoms with Crippen LogP contribution in [0, 0.1) is 23.2 Å². The Morgan fingerprint density at radius 1 is 1.19 bits per heavy atom. The van der Waals surface area contributed by atoms with E-state index in [0.29, 0.717) is 41.1 Å². The molecule has 0 unspecified atom stereocenters. The molecule has 4 aromatic rings. The second-order valence-corrected chi connectivity index (χ2v) is 11.5. The first-order valence-electron chi connectivity index (χ1n) is 14.1. The van der Waals surface area contributed by atoms with Gasteiger partial charge in [-0.3, -0.25) is 23.5 Å². The van der Waals surface area contributed by atoms with E-state index in [1.54, 1.807) is 18.5 Å². The van der Waals surface area contributed by atoms with Gasteiger partial charge in [0.15, 0.2) is 11.2 Å². The highest BCUT2D eigenvalue weighted by Gasteiger charge is 2.29. The molecule has 1 fully saturated rings. The number of benzene rings is 1. The van der Waals surface area contributed by atoms with Crippen molar-refractivity contribution in [1.29, 1.82) is 5.26 Å². The number of imidazole rings is 1. The summed E-state index contributed by atoms with van der Waals surface area (Å²) < 4.78 is 9.69. The Morgan fingerprint density at radius 2 is 1.93 bits per heavy atom. The smallest absolute Gasteiger partial charge is 0.407 e. The number of carbonyl (C=O) groups is 1. The summed E-state index contributed by atoms with van der Waals surface area (Å²) in [7, 11) is 1.58. The average molecular weight is 583 g/mol. The molecule has 0 spiro atoms. The molecule has 0 bridgehead atoms. The molecule has 1 atom stereocenters. The number of rotatable bonds is 5. The lowest BCUT2D eigenvalue weighted by Gasteiger charge is -2.34. The zero-order chi connectivity index (χ0) is 30.9. The first-order chi connectivity index (χ1) is 20.5. The number of pyridine rings is 1. The normalized spacial score (nSPS) is 15.2. The third-order valence-corrected chi connectivity index (χ3v) is 7.36. The molecule has 0 radical (unpaired) electrons. The molecular formula is C31H34N8O4. The molecule has 3 aromatic heterocycles. The molecule has 12 nitrogen and oxygen atoms in total. The molecule has 0 aliphatic carbocycles. The van der Waals surface area contributed by atoms with Crippen molar-refractivity contribution in [1.82, 2.24) is 29.0 Å². The van der Waals surface area contributed by atoms with Crippen molar-refractivity contribution in [2.75, 3.05) is 18.0 Å². The Hall–Kier alpha value is -5.10. The van der Waals surface area contributed by atoms with Crippen LogP contribution in [0.15, 0.2) is 40.1 Å². The number of hydrogen-bond acceptors (Lipinski definition) is 8. The van der Waals surface area contributed by atoms with Gasteiger partial charge < -0.3 is 15.0 Å². The highest BCUT2D eigenvalue weighted by Crippen LogP contribution is 2.24. The van der Waals surface area contributed by atoms with Crippen LogP contribution in [0.25, 0.3) is 21.9 Å². The molecule has 1 aromatic carbocycles. The minimum Gasteiger partial charge on any atom is -0.444 e. The topological polar surface area (TPSA) is 140 Å². The van der Waals surface area contributed by atoms with Crippen molar-refractivity contribution >= 4 is 34.0 Å². The molecule has 1 aliphatic heterocycles. The van der Waals surface area contributed by atoms with Crippen LogP contribution in [0.1, 0.15) is 51.8 Å². The van der Waals surface area contributed by atoms with Gasteiger partial charge in [0.05, 0.1) is 24.3 Å². The SMILES string of the molecule is CC#CCn1c(N2CCC[C@@H](NC(=O)OC(C)(C)C)C2)nc2c1c(=O)n(Cc1ncc(C#N)c3ccccc13)c(=O)n2C. The van der Waals surface area contributed by atoms with Crippen LogP contribution in [0.3, 0.4) is 0 Å². The van der Waals surface area contributed by atoms with Crippen molar-refractivity contribution in [2.45, 2.75) is 65.3 Å². The Bertz CT molecular complexity index is 1950. The molecule has 43 heavy (non-hydrogen) atoms. The van der Waals surface area contributed by atoms with Crippen molar-refractivity contribution < 1.29 is 9.53 Å². The Morgan fingerprint density at radius 3 is 2.63 bits per heavy atom. The number of nitriles is 1. The maximum Gasteiger partial charge on any atom is 0.407 e. The van der Waals surface area contributed by atoms with Crippen LogP contribution < -0.4 is 21.5 Å². The summed E-state index contributed by atoms with van der Waals surface area (Å²) in [6.07, 6.45) is 2.52. The number of aryl methyl sites for hydroxylation is 1. The fourth-order valence-electron chi connectivity index (χ4n) is 5.42. The number of nitrogens with one attached hydrogen (secondary N) is 1. The predicted octanol–water partition coefficient (Wildman–Crippen LogP) is 2.88. The number of ether oxygens (including phenoxy) is 1. The van der Waals surface area contributed by atoms with Gasteiger partial charge in [-0.2, -0.15) is 10.2 Å². The third kappa shape index (κ3) is 5.82. The fourth-order valence-corrected chi connectivity index (χ4v) is 5.42. The highest BCUT2D eigenvalue weighted by atomic mass is 16.6. The van der Waals surface area contributed by atoms with Gasteiger partial charge in [-0.1, -0.05) is 30.2 Å². The zero-order valence-corrected chi connectivity index (χ0v) is 25.0. The zero-order valence-electron chi connectivity index (χ0n) is 25.0. The van der Waals surface area contributed by atoms with E-state index in [0.717, 1.165) is 17.4 Å². The van der Waals surface area contributed by atoms with Gasteiger partial charge in [-0.15, -0.1) is 5.92 Å². The maximum absolute atomic E-state index is 14.1. The molecule has 1 aliphatic rings. The third-order valence-electron chi connectivity index (χ3n) is 7.36. The molecule has 1 N–H and O–H groups in total. The van der Waals surface area contributed by atoms with Gasteiger partial charge in [0.2, 0.25) is 5.95 Å². The van der Waals surface area contributed by atoms with Gasteiger partial charge in [0.25, 0.3) is 5.56 Å². The molecule has 1 amide bonds. The summed E-state index contributed by atoms with van der Waals surface area (Å²) in [6, 6.07) is 9.25. The number of hydrogen-bond donors (Lipinski definition) is 1. The van der Waals surface area contributed by atoms with Crippen molar-refractivity contribution in [3.63, 3.8) is 0 Å². The molecule has 4 heterocycles. The second-order valence-electron chi connectivity index (χ2n) is 11.5. The van der Waals surface area contributed by atoms with Crippen molar-refractivity contribution in [3.05, 3.63) is 62.6 Å². The fraction of sp³-hybridized carbons (Fsp3) is 0.419. The predicted molar refractivity (Wildman–Crippen MR) is 163 cm³/mol. The van der Waals surface area contributed by atoms with Crippen molar-refractivity contribution in [3.8, 4) is 17.9 Å². The number of anilines is 1. The number of nitrogens with zero attached hydrogens (tertiary/aromatic N) is 7. The highest BCUT2D eigenvalue weighted by molar-refractivity contribution is 5.89. The summed E-state index contributed by atoms with van der Waals surface area (Å²) in [5.41, 5.74) is -0.245. The standard InChI is InChI=1S/C31H34N8O4/c1-6-7-15-38-25-26(35-28(38)37-14-10-11-21(18-37)34-29(41)43-31(2,3)4)36(5)30(42)39(27(25)40)19-24-23-13-9-8-12-22(23)20(16-32)17-33-24/h8-9,12-13,17,21H,10-11,14-15,18-19H2,1-5H3,(H,34,41)/t21-/m1/s1. The monoisotopic (exact) mass is 582 g/mol. The van der Waals surface area contributed by atoms with Crippen LogP contribution in [-0.4, -0.2) is 54.5 Å². The minimum atomic E-state index is -0.616. The molecule has 5 rings (SSSR count). The van der Waals surface area contributed by atoms with Crippen LogP contribution in [0.2, 0.25) is 0 Å². The van der Waals surface area contributed by atoms with E-state index in [9.17, 15) is 19.6 Å². The Balaban J connectivity index is 1.58. The molecular weight excluding hydrogens is 548 g/mol. The van der Waals surface area contributed by atoms with Crippen LogP contribution >= 0.6 is 0 Å². The molecule has 1 saturated heterocycles. The Kier molecular flexibility index (Phi) is 7.96. The van der Waals surface area contributed by atoms with E-state index >= 15 is 0 Å². The van der Waals surface area contributed by atoms with E-state index in [1.165, 1.54) is 10.8 Å². The molecule has 0 saturated carbocycles. The molecule has 222 valence electrons. The lowest BCUT2D eigenvalue weighted by atomic mass is 10.1. The summed E-state index contributed by atoms with van der Waals surface area (Å²) >= 11 is 0. The van der Waals surface area contributed by atoms with Crippen LogP contribution in [-0.2, 0) is 24.9 Å². The largest absolute Gasteiger partial charge is 0.444 e. The first kappa shape index (κ1) is 29.4. The summed E-state index contributed by atoms with van der Waals surface area (Å²) in [4.78, 5) is 51.3. The molecule has 12 heteroatoms. The van der Waals surface area contributed by atoms with Crippen LogP contribution in [0.5, 0.6) is 0 Å². The number of amides is 1. The number of aromatic nitrogens is 5. The summed E-state index contributed by atoms with van der Waals surface area (Å²) in [5.74, 6) is 6.42. The van der Waals surface area contributed by atoms with Crippen molar-refractivity contribution in [2.24, 2.45) is 7.05 Å². The number of fused-ring (bicyclic) bond motifs is 2. The van der Waals surface area contributed by atoms with Crippen LogP contribution in [0.4, 0.5) is 10.7 Å². The lowest BCUT2D eigenvalue weighted by molar-refractivity contribution is 0.0499. The maximum atomic E-state index is 14.1. The average Bonchev–Trinajstić information content (AvgIpc) is 3.36. The van der Waals surface area contributed by atoms with Gasteiger partial charge in [-0.25, -0.2) is 9.59 Å². The van der Waals surface area contributed by atoms with Gasteiger partial charge in [0.1, 0.15) is 11.7 Å². The van der Waals surface area contributed by atoms with E-state index in [2.05, 4.69) is 28.2 Å². The number of alkyl carbamates (subject to hydrolysis) is 1. The minimum absolute atomic E-state index is 0.0841. The van der Waals surface area contributed by atoms with E-state index < -0.39 is 22.9 Å². The lowest BCUT2D eigenvalue weighted by Crippen LogP contribution is -2.49. The van der Waals surface area contributed by atoms with E-state index in [4.69, 9.17) is 9.72 Å². The van der Waals surface area contributed by atoms with Gasteiger partial charge in [0, 0.05) is 43.1 Å². The first-order valence-corrected chi connectivity index (χ1v) is 14.1. The van der Waals surface area contributed by atoms with Gasteiger partial charge in [-0.05, 0) is 40.5 Å². The Labute approximate surface area is 248 Å². The summed E-state index contributed by atoms with van der Waals surface area (Å²) in [5, 5.41) is 13.9. The quantitative estimate of drug-likeness (QED) is 0.354. The number of piperidine rings is 1. The van der Waals surface area contributed by atoms with Gasteiger partial charge >= 0.3 is 11.8 Å². The van der Waals surface area contributed by atoms with E-state index in [1.807, 2.05) is 49.9 Å². The van der Waals surface area contributed by atoms with E-state index in [-0.39, 0.29) is 30.3 Å².